The predicted octanol–water partition coefficient (Wildman–Crippen LogP) is 2.36. The standard InChI is InChI=1S/C15H21NO2/c1-4-12-5-7-13(8-6-12)14(17)16(3)9-15(2)10-18-11-15/h5-8H,4,9-11H2,1-3H3. The number of benzene rings is 1. The van der Waals surface area contributed by atoms with Crippen molar-refractivity contribution in [1.82, 2.24) is 4.90 Å². The van der Waals surface area contributed by atoms with Crippen molar-refractivity contribution in [3.63, 3.8) is 0 Å². The second-order valence-electron chi connectivity index (χ2n) is 5.52. The molecule has 1 saturated heterocycles. The topological polar surface area (TPSA) is 29.5 Å². The molecule has 0 aliphatic carbocycles. The molecule has 0 spiro atoms. The minimum Gasteiger partial charge on any atom is -0.380 e. The Kier molecular flexibility index (Phi) is 3.71. The molecule has 3 nitrogen and oxygen atoms in total. The Labute approximate surface area is 109 Å². The van der Waals surface area contributed by atoms with Crippen molar-refractivity contribution < 1.29 is 9.53 Å². The molecule has 18 heavy (non-hydrogen) atoms. The van der Waals surface area contributed by atoms with E-state index >= 15 is 0 Å². The first-order valence-electron chi connectivity index (χ1n) is 6.46. The van der Waals surface area contributed by atoms with Crippen molar-refractivity contribution in [2.75, 3.05) is 26.8 Å². The highest BCUT2D eigenvalue weighted by atomic mass is 16.5. The summed E-state index contributed by atoms with van der Waals surface area (Å²) in [5, 5.41) is 0. The first kappa shape index (κ1) is 13.1. The number of aryl methyl sites for hydroxylation is 1. The first-order valence-corrected chi connectivity index (χ1v) is 6.46. The third-order valence-corrected chi connectivity index (χ3v) is 3.48. The molecule has 0 N–H and O–H groups in total. The van der Waals surface area contributed by atoms with E-state index < -0.39 is 0 Å². The molecular weight excluding hydrogens is 226 g/mol. The summed E-state index contributed by atoms with van der Waals surface area (Å²) in [5.74, 6) is 0.0887. The quantitative estimate of drug-likeness (QED) is 0.817. The van der Waals surface area contributed by atoms with E-state index in [2.05, 4.69) is 13.8 Å². The number of carbonyl (C=O) groups is 1. The van der Waals surface area contributed by atoms with Crippen LogP contribution in [0.15, 0.2) is 24.3 Å². The lowest BCUT2D eigenvalue weighted by molar-refractivity contribution is -0.109. The average Bonchev–Trinajstić information content (AvgIpc) is 2.36. The normalized spacial score (nSPS) is 17.1. The molecule has 2 rings (SSSR count). The van der Waals surface area contributed by atoms with E-state index in [0.717, 1.165) is 31.7 Å². The van der Waals surface area contributed by atoms with Gasteiger partial charge >= 0.3 is 0 Å². The van der Waals surface area contributed by atoms with Gasteiger partial charge in [-0.3, -0.25) is 4.79 Å². The van der Waals surface area contributed by atoms with Crippen LogP contribution >= 0.6 is 0 Å². The maximum Gasteiger partial charge on any atom is 0.253 e. The van der Waals surface area contributed by atoms with Gasteiger partial charge in [0.25, 0.3) is 5.91 Å². The van der Waals surface area contributed by atoms with Crippen LogP contribution in [0.1, 0.15) is 29.8 Å². The van der Waals surface area contributed by atoms with Gasteiger partial charge in [0, 0.05) is 24.6 Å². The van der Waals surface area contributed by atoms with Crippen LogP contribution in [0, 0.1) is 5.41 Å². The number of ether oxygens (including phenoxy) is 1. The number of hydrogen-bond donors (Lipinski definition) is 0. The molecule has 1 fully saturated rings. The molecule has 1 aromatic rings. The summed E-state index contributed by atoms with van der Waals surface area (Å²) in [4.78, 5) is 14.0. The molecule has 98 valence electrons. The molecule has 0 aromatic heterocycles. The van der Waals surface area contributed by atoms with Crippen LogP contribution in [0.3, 0.4) is 0 Å². The van der Waals surface area contributed by atoms with E-state index in [-0.39, 0.29) is 11.3 Å². The molecule has 3 heteroatoms. The number of amides is 1. The fourth-order valence-electron chi connectivity index (χ4n) is 2.29. The van der Waals surface area contributed by atoms with Gasteiger partial charge in [-0.05, 0) is 24.1 Å². The van der Waals surface area contributed by atoms with Gasteiger partial charge in [0.1, 0.15) is 0 Å². The fourth-order valence-corrected chi connectivity index (χ4v) is 2.29. The van der Waals surface area contributed by atoms with E-state index in [9.17, 15) is 4.79 Å². The SMILES string of the molecule is CCc1ccc(C(=O)N(C)CC2(C)COC2)cc1. The van der Waals surface area contributed by atoms with Crippen molar-refractivity contribution in [3.8, 4) is 0 Å². The van der Waals surface area contributed by atoms with Crippen LogP contribution in [0.25, 0.3) is 0 Å². The fraction of sp³-hybridized carbons (Fsp3) is 0.533. The number of carbonyl (C=O) groups excluding carboxylic acids is 1. The highest BCUT2D eigenvalue weighted by Crippen LogP contribution is 2.27. The maximum atomic E-state index is 12.2. The molecule has 0 atom stereocenters. The number of rotatable bonds is 4. The Bertz CT molecular complexity index is 421. The highest BCUT2D eigenvalue weighted by Gasteiger charge is 2.35. The summed E-state index contributed by atoms with van der Waals surface area (Å²) in [6.07, 6.45) is 1.000. The number of hydrogen-bond acceptors (Lipinski definition) is 2. The summed E-state index contributed by atoms with van der Waals surface area (Å²) in [7, 11) is 1.86. The largest absolute Gasteiger partial charge is 0.380 e. The molecule has 0 radical (unpaired) electrons. The van der Waals surface area contributed by atoms with E-state index in [1.54, 1.807) is 4.90 Å². The van der Waals surface area contributed by atoms with Gasteiger partial charge in [0.15, 0.2) is 0 Å². The monoisotopic (exact) mass is 247 g/mol. The van der Waals surface area contributed by atoms with E-state index in [4.69, 9.17) is 4.74 Å². The zero-order valence-electron chi connectivity index (χ0n) is 11.4. The minimum atomic E-state index is 0.0887. The third kappa shape index (κ3) is 2.72. The number of nitrogens with zero attached hydrogens (tertiary/aromatic N) is 1. The van der Waals surface area contributed by atoms with Crippen molar-refractivity contribution in [2.45, 2.75) is 20.3 Å². The summed E-state index contributed by atoms with van der Waals surface area (Å²) in [6.45, 7) is 6.51. The molecule has 1 aliphatic heterocycles. The minimum absolute atomic E-state index is 0.0887. The Balaban J connectivity index is 2.00. The van der Waals surface area contributed by atoms with Gasteiger partial charge in [-0.1, -0.05) is 26.0 Å². The Hall–Kier alpha value is -1.35. The van der Waals surface area contributed by atoms with E-state index in [1.807, 2.05) is 31.3 Å². The van der Waals surface area contributed by atoms with Gasteiger partial charge in [0.05, 0.1) is 13.2 Å². The second kappa shape index (κ2) is 5.11. The predicted molar refractivity (Wildman–Crippen MR) is 71.7 cm³/mol. The second-order valence-corrected chi connectivity index (χ2v) is 5.52. The summed E-state index contributed by atoms with van der Waals surface area (Å²) in [6, 6.07) is 7.87. The Morgan fingerprint density at radius 3 is 2.39 bits per heavy atom. The third-order valence-electron chi connectivity index (χ3n) is 3.48. The summed E-state index contributed by atoms with van der Waals surface area (Å²) < 4.78 is 5.22. The van der Waals surface area contributed by atoms with Gasteiger partial charge < -0.3 is 9.64 Å². The van der Waals surface area contributed by atoms with Gasteiger partial charge in [0.2, 0.25) is 0 Å². The van der Waals surface area contributed by atoms with Crippen molar-refractivity contribution in [2.24, 2.45) is 5.41 Å². The van der Waals surface area contributed by atoms with Crippen LogP contribution in [0.5, 0.6) is 0 Å². The molecule has 1 amide bonds. The summed E-state index contributed by atoms with van der Waals surface area (Å²) in [5.41, 5.74) is 2.15. The van der Waals surface area contributed by atoms with Crippen molar-refractivity contribution in [3.05, 3.63) is 35.4 Å². The lowest BCUT2D eigenvalue weighted by Gasteiger charge is -2.40. The van der Waals surface area contributed by atoms with Crippen molar-refractivity contribution >= 4 is 5.91 Å². The molecular formula is C15H21NO2. The smallest absolute Gasteiger partial charge is 0.253 e. The van der Waals surface area contributed by atoms with Gasteiger partial charge in [-0.15, -0.1) is 0 Å². The van der Waals surface area contributed by atoms with E-state index in [1.165, 1.54) is 5.56 Å². The Morgan fingerprint density at radius 1 is 1.33 bits per heavy atom. The Morgan fingerprint density at radius 2 is 1.94 bits per heavy atom. The molecule has 1 aromatic carbocycles. The maximum absolute atomic E-state index is 12.2. The first-order chi connectivity index (χ1) is 8.54. The van der Waals surface area contributed by atoms with Gasteiger partial charge in [-0.2, -0.15) is 0 Å². The van der Waals surface area contributed by atoms with Crippen LogP contribution in [0.4, 0.5) is 0 Å². The van der Waals surface area contributed by atoms with Crippen LogP contribution < -0.4 is 0 Å². The van der Waals surface area contributed by atoms with Crippen LogP contribution in [0.2, 0.25) is 0 Å². The van der Waals surface area contributed by atoms with Crippen molar-refractivity contribution in [1.29, 1.82) is 0 Å². The zero-order chi connectivity index (χ0) is 13.2. The highest BCUT2D eigenvalue weighted by molar-refractivity contribution is 5.94. The zero-order valence-corrected chi connectivity index (χ0v) is 11.4. The molecule has 0 bridgehead atoms. The average molecular weight is 247 g/mol. The molecule has 1 aliphatic rings. The van der Waals surface area contributed by atoms with E-state index in [0.29, 0.717) is 0 Å². The van der Waals surface area contributed by atoms with Crippen LogP contribution in [-0.4, -0.2) is 37.6 Å². The van der Waals surface area contributed by atoms with Crippen LogP contribution in [-0.2, 0) is 11.2 Å². The lowest BCUT2D eigenvalue weighted by atomic mass is 9.88. The molecule has 0 saturated carbocycles. The molecule has 1 heterocycles. The summed E-state index contributed by atoms with van der Waals surface area (Å²) >= 11 is 0. The van der Waals surface area contributed by atoms with Gasteiger partial charge in [-0.25, -0.2) is 0 Å². The molecule has 0 unspecified atom stereocenters. The lowest BCUT2D eigenvalue weighted by Crippen LogP contribution is -2.49.